The summed E-state index contributed by atoms with van der Waals surface area (Å²) in [5.74, 6) is -0.0943. The minimum Gasteiger partial charge on any atom is -0.508 e. The highest BCUT2D eigenvalue weighted by atomic mass is 19.1. The number of benzene rings is 2. The molecule has 5 nitrogen and oxygen atoms in total. The van der Waals surface area contributed by atoms with Gasteiger partial charge in [0, 0.05) is 19.7 Å². The maximum absolute atomic E-state index is 13.3. The van der Waals surface area contributed by atoms with Crippen molar-refractivity contribution in [2.45, 2.75) is 38.0 Å². The Balaban J connectivity index is 1.51. The minimum atomic E-state index is -0.314. The van der Waals surface area contributed by atoms with Crippen LogP contribution in [0.4, 0.5) is 9.18 Å². The molecule has 0 aliphatic carbocycles. The molecule has 0 saturated carbocycles. The number of carbonyl (C=O) groups is 1. The molecule has 0 radical (unpaired) electrons. The normalized spacial score (nSPS) is 20.2. The lowest BCUT2D eigenvalue weighted by molar-refractivity contribution is 0.0775. The van der Waals surface area contributed by atoms with Gasteiger partial charge in [-0.25, -0.2) is 9.18 Å². The van der Waals surface area contributed by atoms with Gasteiger partial charge in [-0.2, -0.15) is 0 Å². The van der Waals surface area contributed by atoms with Crippen LogP contribution in [-0.2, 0) is 17.7 Å². The Bertz CT molecular complexity index is 819. The number of ether oxygens (including phenoxy) is 1. The molecule has 2 aromatic rings. The maximum atomic E-state index is 13.3. The zero-order valence-corrected chi connectivity index (χ0v) is 15.0. The van der Waals surface area contributed by atoms with Crippen molar-refractivity contribution in [3.63, 3.8) is 0 Å². The van der Waals surface area contributed by atoms with Gasteiger partial charge in [0.2, 0.25) is 0 Å². The molecule has 142 valence electrons. The number of carbonyl (C=O) groups excluding carboxylic acids is 1. The van der Waals surface area contributed by atoms with Gasteiger partial charge in [0.25, 0.3) is 0 Å². The molecule has 27 heavy (non-hydrogen) atoms. The average Bonchev–Trinajstić information content (AvgIpc) is 3.20. The standard InChI is InChI=1S/C21H23FN2O3/c22-17-6-3-15(4-7-17)20(19-2-1-11-27-19)23-21(26)24-10-9-14-5-8-18(25)12-16(14)13-24/h3-8,12,19-20,25H,1-2,9-11,13H2,(H,23,26)/t19-,20+/m1/s1. The van der Waals surface area contributed by atoms with E-state index in [9.17, 15) is 14.3 Å². The van der Waals surface area contributed by atoms with Gasteiger partial charge in [0.1, 0.15) is 11.6 Å². The van der Waals surface area contributed by atoms with Crippen molar-refractivity contribution in [3.05, 3.63) is 65.0 Å². The van der Waals surface area contributed by atoms with E-state index in [4.69, 9.17) is 4.74 Å². The summed E-state index contributed by atoms with van der Waals surface area (Å²) in [7, 11) is 0. The second-order valence-electron chi connectivity index (χ2n) is 7.15. The van der Waals surface area contributed by atoms with Crippen LogP contribution in [-0.4, -0.2) is 35.3 Å². The van der Waals surface area contributed by atoms with Gasteiger partial charge in [0.15, 0.2) is 0 Å². The Kier molecular flexibility index (Phi) is 4.99. The van der Waals surface area contributed by atoms with E-state index in [2.05, 4.69) is 5.32 Å². The molecule has 2 N–H and O–H groups in total. The summed E-state index contributed by atoms with van der Waals surface area (Å²) in [6.45, 7) is 1.75. The van der Waals surface area contributed by atoms with Crippen LogP contribution in [0.2, 0.25) is 0 Å². The Labute approximate surface area is 157 Å². The number of halogens is 1. The molecular weight excluding hydrogens is 347 g/mol. The number of amides is 2. The number of fused-ring (bicyclic) bond motifs is 1. The molecule has 2 aliphatic rings. The SMILES string of the molecule is O=C(N[C@@H](c1ccc(F)cc1)[C@H]1CCCO1)N1CCc2ccc(O)cc2C1. The fourth-order valence-electron chi connectivity index (χ4n) is 3.87. The number of hydrogen-bond donors (Lipinski definition) is 2. The number of hydrogen-bond acceptors (Lipinski definition) is 3. The van der Waals surface area contributed by atoms with Crippen LogP contribution < -0.4 is 5.32 Å². The molecule has 0 bridgehead atoms. The second kappa shape index (κ2) is 7.56. The van der Waals surface area contributed by atoms with Crippen molar-refractivity contribution in [2.24, 2.45) is 0 Å². The van der Waals surface area contributed by atoms with E-state index in [0.717, 1.165) is 36.0 Å². The topological polar surface area (TPSA) is 61.8 Å². The zero-order chi connectivity index (χ0) is 18.8. The predicted octanol–water partition coefficient (Wildman–Crippen LogP) is 3.52. The second-order valence-corrected chi connectivity index (χ2v) is 7.15. The monoisotopic (exact) mass is 370 g/mol. The third-order valence-electron chi connectivity index (χ3n) is 5.33. The zero-order valence-electron chi connectivity index (χ0n) is 15.0. The highest BCUT2D eigenvalue weighted by Gasteiger charge is 2.31. The molecule has 0 spiro atoms. The van der Waals surface area contributed by atoms with Crippen LogP contribution in [0.15, 0.2) is 42.5 Å². The summed E-state index contributed by atoms with van der Waals surface area (Å²) in [4.78, 5) is 14.7. The molecule has 2 aliphatic heterocycles. The number of aromatic hydroxyl groups is 1. The lowest BCUT2D eigenvalue weighted by atomic mass is 9.98. The highest BCUT2D eigenvalue weighted by molar-refractivity contribution is 5.75. The molecule has 1 fully saturated rings. The molecule has 2 amide bonds. The Morgan fingerprint density at radius 2 is 2.04 bits per heavy atom. The van der Waals surface area contributed by atoms with E-state index in [1.165, 1.54) is 12.1 Å². The largest absolute Gasteiger partial charge is 0.508 e. The fraction of sp³-hybridized carbons (Fsp3) is 0.381. The fourth-order valence-corrected chi connectivity index (χ4v) is 3.87. The van der Waals surface area contributed by atoms with Gasteiger partial charge < -0.3 is 20.1 Å². The highest BCUT2D eigenvalue weighted by Crippen LogP contribution is 2.28. The van der Waals surface area contributed by atoms with Crippen molar-refractivity contribution < 1.29 is 19.0 Å². The number of urea groups is 1. The van der Waals surface area contributed by atoms with Crippen molar-refractivity contribution in [3.8, 4) is 5.75 Å². The first kappa shape index (κ1) is 17.8. The van der Waals surface area contributed by atoms with E-state index in [0.29, 0.717) is 19.7 Å². The van der Waals surface area contributed by atoms with Crippen molar-refractivity contribution in [1.82, 2.24) is 10.2 Å². The molecule has 0 aromatic heterocycles. The number of nitrogens with zero attached hydrogens (tertiary/aromatic N) is 1. The van der Waals surface area contributed by atoms with Gasteiger partial charge in [0.05, 0.1) is 12.1 Å². The van der Waals surface area contributed by atoms with E-state index in [1.807, 2.05) is 6.07 Å². The Hall–Kier alpha value is -2.60. The number of nitrogens with one attached hydrogen (secondary N) is 1. The van der Waals surface area contributed by atoms with Crippen LogP contribution >= 0.6 is 0 Å². The quantitative estimate of drug-likeness (QED) is 0.869. The first-order valence-electron chi connectivity index (χ1n) is 9.33. The third kappa shape index (κ3) is 3.90. The van der Waals surface area contributed by atoms with Gasteiger partial charge in [-0.15, -0.1) is 0 Å². The van der Waals surface area contributed by atoms with Crippen molar-refractivity contribution >= 4 is 6.03 Å². The number of rotatable bonds is 3. The third-order valence-corrected chi connectivity index (χ3v) is 5.33. The summed E-state index contributed by atoms with van der Waals surface area (Å²) in [5.41, 5.74) is 2.96. The van der Waals surface area contributed by atoms with E-state index in [-0.39, 0.29) is 29.7 Å². The van der Waals surface area contributed by atoms with E-state index >= 15 is 0 Å². The van der Waals surface area contributed by atoms with Crippen LogP contribution in [0.5, 0.6) is 5.75 Å². The summed E-state index contributed by atoms with van der Waals surface area (Å²) < 4.78 is 19.1. The molecule has 2 heterocycles. The summed E-state index contributed by atoms with van der Waals surface area (Å²) in [6, 6.07) is 11.0. The van der Waals surface area contributed by atoms with Crippen LogP contribution in [0.25, 0.3) is 0 Å². The van der Waals surface area contributed by atoms with Crippen LogP contribution in [0, 0.1) is 5.82 Å². The number of phenolic OH excluding ortho intramolecular Hbond substituents is 1. The number of phenols is 1. The first-order valence-corrected chi connectivity index (χ1v) is 9.33. The molecule has 2 atom stereocenters. The van der Waals surface area contributed by atoms with Gasteiger partial charge >= 0.3 is 6.03 Å². The molecule has 6 heteroatoms. The smallest absolute Gasteiger partial charge is 0.318 e. The molecule has 2 aromatic carbocycles. The summed E-state index contributed by atoms with van der Waals surface area (Å²) >= 11 is 0. The van der Waals surface area contributed by atoms with E-state index in [1.54, 1.807) is 29.2 Å². The molecule has 1 saturated heterocycles. The summed E-state index contributed by atoms with van der Waals surface area (Å²) in [6.07, 6.45) is 2.46. The lowest BCUT2D eigenvalue weighted by Crippen LogP contribution is -2.46. The lowest BCUT2D eigenvalue weighted by Gasteiger charge is -2.32. The van der Waals surface area contributed by atoms with E-state index < -0.39 is 0 Å². The van der Waals surface area contributed by atoms with Gasteiger partial charge in [-0.3, -0.25) is 0 Å². The molecule has 4 rings (SSSR count). The van der Waals surface area contributed by atoms with Crippen LogP contribution in [0.1, 0.15) is 35.6 Å². The van der Waals surface area contributed by atoms with Gasteiger partial charge in [-0.05, 0) is 60.2 Å². The molecular formula is C21H23FN2O3. The Morgan fingerprint density at radius 1 is 1.22 bits per heavy atom. The maximum Gasteiger partial charge on any atom is 0.318 e. The predicted molar refractivity (Wildman–Crippen MR) is 98.9 cm³/mol. The summed E-state index contributed by atoms with van der Waals surface area (Å²) in [5, 5.41) is 12.8. The van der Waals surface area contributed by atoms with Crippen molar-refractivity contribution in [2.75, 3.05) is 13.2 Å². The van der Waals surface area contributed by atoms with Crippen molar-refractivity contribution in [1.29, 1.82) is 0 Å². The molecule has 0 unspecified atom stereocenters. The Morgan fingerprint density at radius 3 is 2.78 bits per heavy atom. The minimum absolute atomic E-state index is 0.111. The average molecular weight is 370 g/mol. The van der Waals surface area contributed by atoms with Crippen LogP contribution in [0.3, 0.4) is 0 Å². The first-order chi connectivity index (χ1) is 13.1. The van der Waals surface area contributed by atoms with Gasteiger partial charge in [-0.1, -0.05) is 18.2 Å².